The minimum absolute atomic E-state index is 0.0656. The molecule has 0 bridgehead atoms. The van der Waals surface area contributed by atoms with Crippen LogP contribution < -0.4 is 0 Å². The lowest BCUT2D eigenvalue weighted by atomic mass is 10.2. The number of carbonyl (C=O) groups is 1. The van der Waals surface area contributed by atoms with Gasteiger partial charge in [0.25, 0.3) is 5.91 Å². The number of benzene rings is 1. The first kappa shape index (κ1) is 16.0. The molecule has 1 saturated heterocycles. The number of aryl methyl sites for hydroxylation is 1. The van der Waals surface area contributed by atoms with Crippen molar-refractivity contribution in [3.05, 3.63) is 59.9 Å². The SMILES string of the molecule is Cc1nc2cccnc2n1[C@H]1CCN(C(=O)c2cc3cc(F)ccc3[nH]2)C1. The lowest BCUT2D eigenvalue weighted by Crippen LogP contribution is -2.29. The monoisotopic (exact) mass is 363 g/mol. The molecule has 1 fully saturated rings. The number of hydrogen-bond donors (Lipinski definition) is 1. The van der Waals surface area contributed by atoms with Gasteiger partial charge in [0.15, 0.2) is 5.65 Å². The van der Waals surface area contributed by atoms with Crippen molar-refractivity contribution in [2.24, 2.45) is 0 Å². The molecule has 0 unspecified atom stereocenters. The number of imidazole rings is 1. The predicted octanol–water partition coefficient (Wildman–Crippen LogP) is 3.45. The van der Waals surface area contributed by atoms with Crippen LogP contribution in [0, 0.1) is 12.7 Å². The lowest BCUT2D eigenvalue weighted by Gasteiger charge is -2.17. The number of carbonyl (C=O) groups excluding carboxylic acids is 1. The molecule has 27 heavy (non-hydrogen) atoms. The second-order valence-corrected chi connectivity index (χ2v) is 6.98. The van der Waals surface area contributed by atoms with Gasteiger partial charge in [-0.25, -0.2) is 14.4 Å². The van der Waals surface area contributed by atoms with Gasteiger partial charge in [0, 0.05) is 30.2 Å². The Kier molecular flexibility index (Phi) is 3.50. The highest BCUT2D eigenvalue weighted by Crippen LogP contribution is 2.28. The van der Waals surface area contributed by atoms with Gasteiger partial charge in [-0.1, -0.05) is 0 Å². The minimum atomic E-state index is -0.309. The van der Waals surface area contributed by atoms with Crippen LogP contribution in [0.15, 0.2) is 42.6 Å². The highest BCUT2D eigenvalue weighted by atomic mass is 19.1. The third kappa shape index (κ3) is 2.58. The predicted molar refractivity (Wildman–Crippen MR) is 100 cm³/mol. The summed E-state index contributed by atoms with van der Waals surface area (Å²) in [6.07, 6.45) is 2.62. The van der Waals surface area contributed by atoms with Crippen LogP contribution in [0.25, 0.3) is 22.1 Å². The topological polar surface area (TPSA) is 66.8 Å². The number of rotatable bonds is 2. The van der Waals surface area contributed by atoms with Crippen LogP contribution in [0.5, 0.6) is 0 Å². The van der Waals surface area contributed by atoms with Gasteiger partial charge in [-0.2, -0.15) is 0 Å². The molecule has 4 heterocycles. The van der Waals surface area contributed by atoms with E-state index in [1.165, 1.54) is 12.1 Å². The molecule has 1 N–H and O–H groups in total. The highest BCUT2D eigenvalue weighted by Gasteiger charge is 2.30. The molecule has 4 aromatic rings. The Hall–Kier alpha value is -3.22. The van der Waals surface area contributed by atoms with Crippen LogP contribution in [-0.2, 0) is 0 Å². The van der Waals surface area contributed by atoms with Crippen LogP contribution in [-0.4, -0.2) is 43.4 Å². The second kappa shape index (κ2) is 5.90. The largest absolute Gasteiger partial charge is 0.351 e. The van der Waals surface area contributed by atoms with E-state index in [-0.39, 0.29) is 17.8 Å². The van der Waals surface area contributed by atoms with Gasteiger partial charge in [-0.15, -0.1) is 0 Å². The first-order valence-corrected chi connectivity index (χ1v) is 8.97. The first-order valence-electron chi connectivity index (χ1n) is 8.97. The number of halogens is 1. The molecule has 7 heteroatoms. The summed E-state index contributed by atoms with van der Waals surface area (Å²) in [4.78, 5) is 26.9. The summed E-state index contributed by atoms with van der Waals surface area (Å²) < 4.78 is 15.5. The van der Waals surface area contributed by atoms with E-state index in [0.717, 1.165) is 28.9 Å². The van der Waals surface area contributed by atoms with Gasteiger partial charge in [0.2, 0.25) is 0 Å². The quantitative estimate of drug-likeness (QED) is 0.593. The van der Waals surface area contributed by atoms with Gasteiger partial charge < -0.3 is 14.5 Å². The molecule has 0 radical (unpaired) electrons. The van der Waals surface area contributed by atoms with Crippen molar-refractivity contribution in [1.29, 1.82) is 0 Å². The zero-order valence-electron chi connectivity index (χ0n) is 14.8. The van der Waals surface area contributed by atoms with Gasteiger partial charge in [0.05, 0.1) is 6.04 Å². The van der Waals surface area contributed by atoms with Crippen LogP contribution in [0.3, 0.4) is 0 Å². The summed E-state index contributed by atoms with van der Waals surface area (Å²) >= 11 is 0. The lowest BCUT2D eigenvalue weighted by molar-refractivity contribution is 0.0783. The van der Waals surface area contributed by atoms with E-state index < -0.39 is 0 Å². The molecule has 5 rings (SSSR count). The molecule has 0 aliphatic carbocycles. The van der Waals surface area contributed by atoms with Crippen LogP contribution in [0.1, 0.15) is 28.8 Å². The summed E-state index contributed by atoms with van der Waals surface area (Å²) in [5, 5.41) is 0.703. The fourth-order valence-electron chi connectivity index (χ4n) is 4.01. The molecule has 0 spiro atoms. The second-order valence-electron chi connectivity index (χ2n) is 6.98. The number of pyridine rings is 1. The molecule has 0 saturated carbocycles. The van der Waals surface area contributed by atoms with Crippen LogP contribution in [0.4, 0.5) is 4.39 Å². The zero-order chi connectivity index (χ0) is 18.5. The molecule has 3 aromatic heterocycles. The number of H-pyrrole nitrogens is 1. The Labute approximate surface area is 154 Å². The summed E-state index contributed by atoms with van der Waals surface area (Å²) in [5.74, 6) is 0.532. The normalized spacial score (nSPS) is 17.3. The number of likely N-dealkylation sites (tertiary alicyclic amines) is 1. The van der Waals surface area contributed by atoms with Crippen molar-refractivity contribution in [3.63, 3.8) is 0 Å². The molecule has 6 nitrogen and oxygen atoms in total. The fraction of sp³-hybridized carbons (Fsp3) is 0.250. The van der Waals surface area contributed by atoms with Crippen molar-refractivity contribution < 1.29 is 9.18 Å². The Balaban J connectivity index is 1.42. The standard InChI is InChI=1S/C20H18FN5O/c1-12-23-17-3-2-7-22-19(17)26(12)15-6-8-25(11-15)20(27)18-10-13-9-14(21)4-5-16(13)24-18/h2-5,7,9-10,15,24H,6,8,11H2,1H3/t15-/m0/s1. The fourth-order valence-corrected chi connectivity index (χ4v) is 4.01. The maximum Gasteiger partial charge on any atom is 0.270 e. The van der Waals surface area contributed by atoms with E-state index in [1.807, 2.05) is 24.0 Å². The summed E-state index contributed by atoms with van der Waals surface area (Å²) in [7, 11) is 0. The van der Waals surface area contributed by atoms with Crippen molar-refractivity contribution >= 4 is 28.0 Å². The number of aromatic amines is 1. The van der Waals surface area contributed by atoms with Crippen molar-refractivity contribution in [1.82, 2.24) is 24.4 Å². The number of nitrogens with zero attached hydrogens (tertiary/aromatic N) is 4. The van der Waals surface area contributed by atoms with Gasteiger partial charge in [0.1, 0.15) is 22.9 Å². The molecule has 1 aromatic carbocycles. The van der Waals surface area contributed by atoms with Gasteiger partial charge in [-0.05, 0) is 49.7 Å². The smallest absolute Gasteiger partial charge is 0.270 e. The third-order valence-corrected chi connectivity index (χ3v) is 5.25. The maximum absolute atomic E-state index is 13.4. The van der Waals surface area contributed by atoms with E-state index in [1.54, 1.807) is 18.3 Å². The molecule has 1 atom stereocenters. The maximum atomic E-state index is 13.4. The van der Waals surface area contributed by atoms with Gasteiger partial charge in [-0.3, -0.25) is 4.79 Å². The molecule has 1 amide bonds. The van der Waals surface area contributed by atoms with Crippen LogP contribution in [0.2, 0.25) is 0 Å². The van der Waals surface area contributed by atoms with Crippen molar-refractivity contribution in [3.8, 4) is 0 Å². The van der Waals surface area contributed by atoms with Crippen LogP contribution >= 0.6 is 0 Å². The minimum Gasteiger partial charge on any atom is -0.351 e. The molecule has 1 aliphatic rings. The molecule has 136 valence electrons. The van der Waals surface area contributed by atoms with E-state index >= 15 is 0 Å². The van der Waals surface area contributed by atoms with Crippen molar-refractivity contribution in [2.75, 3.05) is 13.1 Å². The average Bonchev–Trinajstić information content (AvgIpc) is 3.36. The third-order valence-electron chi connectivity index (χ3n) is 5.25. The molecule has 1 aliphatic heterocycles. The Bertz CT molecular complexity index is 1180. The Morgan fingerprint density at radius 2 is 2.19 bits per heavy atom. The van der Waals surface area contributed by atoms with E-state index in [2.05, 4.69) is 19.5 Å². The first-order chi connectivity index (χ1) is 13.1. The summed E-state index contributed by atoms with van der Waals surface area (Å²) in [6.45, 7) is 3.24. The summed E-state index contributed by atoms with van der Waals surface area (Å²) in [5.41, 5.74) is 2.98. The Morgan fingerprint density at radius 1 is 1.30 bits per heavy atom. The number of hydrogen-bond acceptors (Lipinski definition) is 3. The van der Waals surface area contributed by atoms with E-state index in [4.69, 9.17) is 0 Å². The van der Waals surface area contributed by atoms with Gasteiger partial charge >= 0.3 is 0 Å². The summed E-state index contributed by atoms with van der Waals surface area (Å²) in [6, 6.07) is 10.2. The highest BCUT2D eigenvalue weighted by molar-refractivity contribution is 5.98. The number of aromatic nitrogens is 4. The van der Waals surface area contributed by atoms with E-state index in [0.29, 0.717) is 24.2 Å². The number of fused-ring (bicyclic) bond motifs is 2. The molecular formula is C20H18FN5O. The number of amides is 1. The number of nitrogens with one attached hydrogen (secondary N) is 1. The van der Waals surface area contributed by atoms with Crippen molar-refractivity contribution in [2.45, 2.75) is 19.4 Å². The Morgan fingerprint density at radius 3 is 3.07 bits per heavy atom. The molecular weight excluding hydrogens is 345 g/mol. The zero-order valence-corrected chi connectivity index (χ0v) is 14.8. The van der Waals surface area contributed by atoms with E-state index in [9.17, 15) is 9.18 Å². The average molecular weight is 363 g/mol.